The Hall–Kier alpha value is -4.14. The lowest BCUT2D eigenvalue weighted by Gasteiger charge is -2.43. The van der Waals surface area contributed by atoms with Gasteiger partial charge in [0.25, 0.3) is 5.91 Å². The summed E-state index contributed by atoms with van der Waals surface area (Å²) < 4.78 is 12.2. The molecule has 1 unspecified atom stereocenters. The van der Waals surface area contributed by atoms with Gasteiger partial charge >= 0.3 is 5.97 Å². The molecule has 0 bridgehead atoms. The Morgan fingerprint density at radius 3 is 2.50 bits per heavy atom. The van der Waals surface area contributed by atoms with Crippen molar-refractivity contribution in [3.05, 3.63) is 83.2 Å². The van der Waals surface area contributed by atoms with Crippen molar-refractivity contribution in [2.75, 3.05) is 13.2 Å². The van der Waals surface area contributed by atoms with Crippen molar-refractivity contribution in [1.29, 1.82) is 0 Å². The standard InChI is InChI=1S/C27H30N4O5/c1-4-35-23-14-10-9-13-20(23)17-30-24(32)22-15-21(25(33)36-5-2)29-31(22)18-27(30,3)26(34)28-16-19-11-7-6-8-12-19/h6-15H,4-5,16-18H2,1-3H3,(H,28,34). The van der Waals surface area contributed by atoms with E-state index in [0.29, 0.717) is 18.9 Å². The third kappa shape index (κ3) is 4.95. The molecular weight excluding hydrogens is 460 g/mol. The molecule has 1 aliphatic heterocycles. The van der Waals surface area contributed by atoms with Crippen LogP contribution in [0.2, 0.25) is 0 Å². The summed E-state index contributed by atoms with van der Waals surface area (Å²) in [6, 6.07) is 18.4. The smallest absolute Gasteiger partial charge is 0.358 e. The number of ether oxygens (including phenoxy) is 2. The van der Waals surface area contributed by atoms with Crippen LogP contribution in [0.3, 0.4) is 0 Å². The van der Waals surface area contributed by atoms with Crippen molar-refractivity contribution in [3.63, 3.8) is 0 Å². The van der Waals surface area contributed by atoms with Gasteiger partial charge in [0.2, 0.25) is 5.91 Å². The molecule has 1 N–H and O–H groups in total. The van der Waals surface area contributed by atoms with Crippen LogP contribution in [0, 0.1) is 0 Å². The fourth-order valence-electron chi connectivity index (χ4n) is 4.26. The van der Waals surface area contributed by atoms with Crippen LogP contribution in [0.5, 0.6) is 5.75 Å². The quantitative estimate of drug-likeness (QED) is 0.462. The normalized spacial score (nSPS) is 16.9. The molecule has 0 radical (unpaired) electrons. The summed E-state index contributed by atoms with van der Waals surface area (Å²) in [6.45, 7) is 6.49. The Labute approximate surface area is 210 Å². The highest BCUT2D eigenvalue weighted by Crippen LogP contribution is 2.31. The Morgan fingerprint density at radius 1 is 1.06 bits per heavy atom. The minimum atomic E-state index is -1.28. The number of rotatable bonds is 9. The van der Waals surface area contributed by atoms with Gasteiger partial charge in [-0.3, -0.25) is 14.3 Å². The molecule has 188 valence electrons. The van der Waals surface area contributed by atoms with Crippen LogP contribution in [0.1, 0.15) is 52.9 Å². The van der Waals surface area contributed by atoms with Gasteiger partial charge in [-0.05, 0) is 32.4 Å². The first-order chi connectivity index (χ1) is 17.4. The Balaban J connectivity index is 1.70. The van der Waals surface area contributed by atoms with Crippen molar-refractivity contribution >= 4 is 17.8 Å². The minimum Gasteiger partial charge on any atom is -0.494 e. The number of fused-ring (bicyclic) bond motifs is 1. The predicted octanol–water partition coefficient (Wildman–Crippen LogP) is 3.19. The van der Waals surface area contributed by atoms with Gasteiger partial charge in [0.1, 0.15) is 17.0 Å². The summed E-state index contributed by atoms with van der Waals surface area (Å²) in [6.07, 6.45) is 0. The molecule has 0 saturated carbocycles. The molecule has 0 saturated heterocycles. The highest BCUT2D eigenvalue weighted by atomic mass is 16.5. The van der Waals surface area contributed by atoms with Crippen LogP contribution < -0.4 is 10.1 Å². The maximum atomic E-state index is 13.8. The molecule has 3 aromatic rings. The molecule has 36 heavy (non-hydrogen) atoms. The van der Waals surface area contributed by atoms with Gasteiger partial charge in [0.15, 0.2) is 5.69 Å². The van der Waals surface area contributed by atoms with Gasteiger partial charge in [-0.15, -0.1) is 0 Å². The van der Waals surface area contributed by atoms with E-state index >= 15 is 0 Å². The zero-order chi connectivity index (χ0) is 25.7. The summed E-state index contributed by atoms with van der Waals surface area (Å²) in [7, 11) is 0. The van der Waals surface area contributed by atoms with Crippen molar-refractivity contribution in [2.45, 2.75) is 45.9 Å². The van der Waals surface area contributed by atoms with E-state index in [1.165, 1.54) is 15.6 Å². The number of aromatic nitrogens is 2. The minimum absolute atomic E-state index is 0.0313. The molecule has 1 aliphatic rings. The van der Waals surface area contributed by atoms with Gasteiger partial charge in [0, 0.05) is 18.2 Å². The molecule has 9 nitrogen and oxygen atoms in total. The van der Waals surface area contributed by atoms with Crippen LogP contribution in [-0.2, 0) is 29.2 Å². The van der Waals surface area contributed by atoms with E-state index in [4.69, 9.17) is 9.47 Å². The third-order valence-electron chi connectivity index (χ3n) is 6.17. The highest BCUT2D eigenvalue weighted by molar-refractivity contribution is 6.01. The summed E-state index contributed by atoms with van der Waals surface area (Å²) >= 11 is 0. The van der Waals surface area contributed by atoms with E-state index in [1.54, 1.807) is 13.8 Å². The van der Waals surface area contributed by atoms with Crippen LogP contribution in [-0.4, -0.2) is 51.2 Å². The van der Waals surface area contributed by atoms with E-state index < -0.39 is 17.4 Å². The van der Waals surface area contributed by atoms with Gasteiger partial charge < -0.3 is 19.7 Å². The molecule has 2 heterocycles. The van der Waals surface area contributed by atoms with E-state index in [1.807, 2.05) is 61.5 Å². The summed E-state index contributed by atoms with van der Waals surface area (Å²) in [4.78, 5) is 41.2. The molecule has 9 heteroatoms. The van der Waals surface area contributed by atoms with E-state index in [2.05, 4.69) is 10.4 Å². The predicted molar refractivity (Wildman–Crippen MR) is 132 cm³/mol. The lowest BCUT2D eigenvalue weighted by atomic mass is 9.93. The Kier molecular flexibility index (Phi) is 7.38. The van der Waals surface area contributed by atoms with Crippen molar-refractivity contribution < 1.29 is 23.9 Å². The average Bonchev–Trinajstić information content (AvgIpc) is 3.31. The lowest BCUT2D eigenvalue weighted by Crippen LogP contribution is -2.63. The molecule has 1 aromatic heterocycles. The van der Waals surface area contributed by atoms with Crippen LogP contribution >= 0.6 is 0 Å². The maximum Gasteiger partial charge on any atom is 0.358 e. The van der Waals surface area contributed by atoms with Gasteiger partial charge in [-0.25, -0.2) is 4.79 Å². The van der Waals surface area contributed by atoms with Gasteiger partial charge in [-0.1, -0.05) is 48.5 Å². The van der Waals surface area contributed by atoms with Crippen LogP contribution in [0.15, 0.2) is 60.7 Å². The Morgan fingerprint density at radius 2 is 1.78 bits per heavy atom. The second-order valence-electron chi connectivity index (χ2n) is 8.67. The number of carbonyl (C=O) groups excluding carboxylic acids is 3. The number of esters is 1. The van der Waals surface area contributed by atoms with Crippen molar-refractivity contribution in [1.82, 2.24) is 20.0 Å². The van der Waals surface area contributed by atoms with E-state index in [-0.39, 0.29) is 37.0 Å². The third-order valence-corrected chi connectivity index (χ3v) is 6.17. The second kappa shape index (κ2) is 10.6. The monoisotopic (exact) mass is 490 g/mol. The van der Waals surface area contributed by atoms with Crippen LogP contribution in [0.4, 0.5) is 0 Å². The fraction of sp³-hybridized carbons (Fsp3) is 0.333. The SMILES string of the molecule is CCOC(=O)c1cc2n(n1)CC(C)(C(=O)NCc1ccccc1)N(Cc1ccccc1OCC)C2=O. The summed E-state index contributed by atoms with van der Waals surface area (Å²) in [5.41, 5.74) is 0.683. The zero-order valence-corrected chi connectivity index (χ0v) is 20.7. The highest BCUT2D eigenvalue weighted by Gasteiger charge is 2.48. The first-order valence-electron chi connectivity index (χ1n) is 12.0. The second-order valence-corrected chi connectivity index (χ2v) is 8.67. The number of nitrogens with zero attached hydrogens (tertiary/aromatic N) is 3. The molecule has 0 spiro atoms. The topological polar surface area (TPSA) is 103 Å². The number of hydrogen-bond acceptors (Lipinski definition) is 6. The number of nitrogens with one attached hydrogen (secondary N) is 1. The van der Waals surface area contributed by atoms with Gasteiger partial charge in [-0.2, -0.15) is 5.10 Å². The number of para-hydroxylation sites is 1. The van der Waals surface area contributed by atoms with Crippen molar-refractivity contribution in [3.8, 4) is 5.75 Å². The average molecular weight is 491 g/mol. The molecule has 2 aromatic carbocycles. The maximum absolute atomic E-state index is 13.8. The Bertz CT molecular complexity index is 1260. The van der Waals surface area contributed by atoms with E-state index in [0.717, 1.165) is 11.1 Å². The molecular formula is C27H30N4O5. The molecule has 0 fully saturated rings. The number of benzene rings is 2. The first-order valence-corrected chi connectivity index (χ1v) is 12.0. The fourth-order valence-corrected chi connectivity index (χ4v) is 4.26. The zero-order valence-electron chi connectivity index (χ0n) is 20.7. The number of carbonyl (C=O) groups is 3. The van der Waals surface area contributed by atoms with Crippen molar-refractivity contribution in [2.24, 2.45) is 0 Å². The molecule has 2 amide bonds. The van der Waals surface area contributed by atoms with Gasteiger partial charge in [0.05, 0.1) is 26.3 Å². The molecule has 0 aliphatic carbocycles. The summed E-state index contributed by atoms with van der Waals surface area (Å²) in [5.74, 6) is -0.706. The summed E-state index contributed by atoms with van der Waals surface area (Å²) in [5, 5.41) is 7.26. The molecule has 1 atom stereocenters. The number of amides is 2. The van der Waals surface area contributed by atoms with E-state index in [9.17, 15) is 14.4 Å². The van der Waals surface area contributed by atoms with Crippen LogP contribution in [0.25, 0.3) is 0 Å². The lowest BCUT2D eigenvalue weighted by molar-refractivity contribution is -0.133. The first kappa shape index (κ1) is 25.0. The molecule has 4 rings (SSSR count). The number of hydrogen-bond donors (Lipinski definition) is 1. The largest absolute Gasteiger partial charge is 0.494 e.